The molecule has 1 aromatic carbocycles. The molecule has 0 saturated heterocycles. The fourth-order valence-electron chi connectivity index (χ4n) is 1.37. The monoisotopic (exact) mass is 145 g/mol. The van der Waals surface area contributed by atoms with Crippen molar-refractivity contribution in [1.82, 2.24) is 0 Å². The van der Waals surface area contributed by atoms with E-state index in [0.717, 1.165) is 5.92 Å². The summed E-state index contributed by atoms with van der Waals surface area (Å²) in [6.07, 6.45) is 5.60. The lowest BCUT2D eigenvalue weighted by Gasteiger charge is -1.97. The minimum atomic E-state index is 1.05. The quantitative estimate of drug-likeness (QED) is 0.613. The second kappa shape index (κ2) is 3.08. The van der Waals surface area contributed by atoms with Gasteiger partial charge < -0.3 is 0 Å². The summed E-state index contributed by atoms with van der Waals surface area (Å²) in [5, 5.41) is 0. The zero-order chi connectivity index (χ0) is 7.52. The summed E-state index contributed by atoms with van der Waals surface area (Å²) in [6.45, 7) is 0. The number of aryl methyl sites for hydroxylation is 1. The Bertz CT molecular complexity index is 209. The standard InChI is InChI=1S/C11H13/c1-2-4-10(5-3-1)6-7-11-8-9-11/h2-5,11H,6-9H2. The Hall–Kier alpha value is -0.780. The van der Waals surface area contributed by atoms with Gasteiger partial charge in [-0.15, -0.1) is 0 Å². The molecular weight excluding hydrogens is 132 g/mol. The van der Waals surface area contributed by atoms with Crippen molar-refractivity contribution in [2.75, 3.05) is 0 Å². The van der Waals surface area contributed by atoms with E-state index in [1.54, 1.807) is 0 Å². The van der Waals surface area contributed by atoms with E-state index in [-0.39, 0.29) is 0 Å². The van der Waals surface area contributed by atoms with Crippen LogP contribution < -0.4 is 0 Å². The molecule has 0 heterocycles. The molecule has 57 valence electrons. The first-order valence-corrected chi connectivity index (χ1v) is 4.40. The minimum Gasteiger partial charge on any atom is -0.0584 e. The summed E-state index contributed by atoms with van der Waals surface area (Å²) in [5.74, 6) is 1.05. The lowest BCUT2D eigenvalue weighted by molar-refractivity contribution is 0.727. The Labute approximate surface area is 68.3 Å². The maximum absolute atomic E-state index is 3.04. The largest absolute Gasteiger partial charge is 0.0584 e. The fraction of sp³-hybridized carbons (Fsp3) is 0.455. The molecule has 11 heavy (non-hydrogen) atoms. The van der Waals surface area contributed by atoms with E-state index in [1.165, 1.54) is 31.2 Å². The highest BCUT2D eigenvalue weighted by atomic mass is 14.3. The van der Waals surface area contributed by atoms with Gasteiger partial charge in [0.1, 0.15) is 0 Å². The molecule has 0 N–H and O–H groups in total. The van der Waals surface area contributed by atoms with Crippen molar-refractivity contribution in [3.63, 3.8) is 0 Å². The molecule has 0 aliphatic heterocycles. The van der Waals surface area contributed by atoms with Gasteiger partial charge in [0.2, 0.25) is 0 Å². The van der Waals surface area contributed by atoms with Gasteiger partial charge in [-0.05, 0) is 30.4 Å². The second-order valence-corrected chi connectivity index (χ2v) is 3.39. The molecule has 0 unspecified atom stereocenters. The van der Waals surface area contributed by atoms with Crippen molar-refractivity contribution in [3.05, 3.63) is 35.9 Å². The lowest BCUT2D eigenvalue weighted by atomic mass is 10.1. The third kappa shape index (κ3) is 2.07. The molecule has 1 radical (unpaired) electrons. The molecule has 0 spiro atoms. The summed E-state index contributed by atoms with van der Waals surface area (Å²) >= 11 is 0. The summed E-state index contributed by atoms with van der Waals surface area (Å²) < 4.78 is 0. The number of hydrogen-bond acceptors (Lipinski definition) is 0. The zero-order valence-corrected chi connectivity index (χ0v) is 6.72. The van der Waals surface area contributed by atoms with Gasteiger partial charge in [-0.1, -0.05) is 37.1 Å². The van der Waals surface area contributed by atoms with Crippen molar-refractivity contribution >= 4 is 0 Å². The molecule has 0 bridgehead atoms. The van der Waals surface area contributed by atoms with Crippen LogP contribution in [-0.2, 0) is 6.42 Å². The molecule has 0 aromatic heterocycles. The van der Waals surface area contributed by atoms with Crippen LogP contribution in [0.25, 0.3) is 0 Å². The molecule has 2 rings (SSSR count). The van der Waals surface area contributed by atoms with Gasteiger partial charge in [0, 0.05) is 0 Å². The molecule has 0 heteroatoms. The number of rotatable bonds is 3. The van der Waals surface area contributed by atoms with Crippen LogP contribution in [0.2, 0.25) is 0 Å². The SMILES string of the molecule is [c]1ccc(CCC2CC2)cc1. The first kappa shape index (κ1) is 6.90. The van der Waals surface area contributed by atoms with Crippen LogP contribution in [0.15, 0.2) is 24.3 Å². The van der Waals surface area contributed by atoms with E-state index in [9.17, 15) is 0 Å². The minimum absolute atomic E-state index is 1.05. The molecule has 1 aliphatic rings. The van der Waals surface area contributed by atoms with Crippen LogP contribution in [0.5, 0.6) is 0 Å². The van der Waals surface area contributed by atoms with Gasteiger partial charge in [0.25, 0.3) is 0 Å². The van der Waals surface area contributed by atoms with Crippen molar-refractivity contribution in [1.29, 1.82) is 0 Å². The average molecular weight is 145 g/mol. The Morgan fingerprint density at radius 2 is 2.00 bits per heavy atom. The summed E-state index contributed by atoms with van der Waals surface area (Å²) in [5.41, 5.74) is 1.47. The molecule has 1 saturated carbocycles. The second-order valence-electron chi connectivity index (χ2n) is 3.39. The summed E-state index contributed by atoms with van der Waals surface area (Å²) in [7, 11) is 0. The molecule has 0 amide bonds. The van der Waals surface area contributed by atoms with Gasteiger partial charge in [-0.3, -0.25) is 0 Å². The highest BCUT2D eigenvalue weighted by molar-refractivity contribution is 5.13. The first-order valence-electron chi connectivity index (χ1n) is 4.40. The van der Waals surface area contributed by atoms with E-state index in [0.29, 0.717) is 0 Å². The van der Waals surface area contributed by atoms with E-state index < -0.39 is 0 Å². The molecule has 1 aliphatic carbocycles. The van der Waals surface area contributed by atoms with Crippen LogP contribution in [0.4, 0.5) is 0 Å². The predicted octanol–water partition coefficient (Wildman–Crippen LogP) is 2.83. The zero-order valence-electron chi connectivity index (χ0n) is 6.72. The van der Waals surface area contributed by atoms with Gasteiger partial charge in [-0.2, -0.15) is 0 Å². The highest BCUT2D eigenvalue weighted by Gasteiger charge is 2.20. The molecule has 1 aromatic rings. The maximum atomic E-state index is 3.04. The third-order valence-electron chi connectivity index (χ3n) is 2.33. The van der Waals surface area contributed by atoms with E-state index in [4.69, 9.17) is 0 Å². The maximum Gasteiger partial charge on any atom is -0.0184 e. The number of benzene rings is 1. The van der Waals surface area contributed by atoms with Gasteiger partial charge in [-0.25, -0.2) is 0 Å². The Morgan fingerprint density at radius 3 is 2.64 bits per heavy atom. The van der Waals surface area contributed by atoms with Crippen LogP contribution in [0.1, 0.15) is 24.8 Å². The normalized spacial score (nSPS) is 16.7. The van der Waals surface area contributed by atoms with Crippen molar-refractivity contribution in [3.8, 4) is 0 Å². The summed E-state index contributed by atoms with van der Waals surface area (Å²) in [4.78, 5) is 0. The van der Waals surface area contributed by atoms with Crippen molar-refractivity contribution < 1.29 is 0 Å². The van der Waals surface area contributed by atoms with E-state index in [1.807, 2.05) is 12.1 Å². The molecule has 0 atom stereocenters. The topological polar surface area (TPSA) is 0 Å². The van der Waals surface area contributed by atoms with Crippen LogP contribution in [0.3, 0.4) is 0 Å². The fourth-order valence-corrected chi connectivity index (χ4v) is 1.37. The van der Waals surface area contributed by atoms with Crippen LogP contribution >= 0.6 is 0 Å². The lowest BCUT2D eigenvalue weighted by Crippen LogP contribution is -1.84. The first-order chi connectivity index (χ1) is 5.45. The predicted molar refractivity (Wildman–Crippen MR) is 46.3 cm³/mol. The Kier molecular flexibility index (Phi) is 1.93. The van der Waals surface area contributed by atoms with Gasteiger partial charge in [0.15, 0.2) is 0 Å². The Balaban J connectivity index is 1.85. The average Bonchev–Trinajstić information content (AvgIpc) is 2.86. The van der Waals surface area contributed by atoms with Crippen LogP contribution in [0, 0.1) is 12.0 Å². The number of hydrogen-bond donors (Lipinski definition) is 0. The molecular formula is C11H13. The molecule has 0 nitrogen and oxygen atoms in total. The van der Waals surface area contributed by atoms with E-state index in [2.05, 4.69) is 18.2 Å². The van der Waals surface area contributed by atoms with Crippen molar-refractivity contribution in [2.24, 2.45) is 5.92 Å². The van der Waals surface area contributed by atoms with Gasteiger partial charge in [0.05, 0.1) is 0 Å². The smallest absolute Gasteiger partial charge is 0.0184 e. The van der Waals surface area contributed by atoms with Crippen molar-refractivity contribution in [2.45, 2.75) is 25.7 Å². The summed E-state index contributed by atoms with van der Waals surface area (Å²) in [6, 6.07) is 11.4. The van der Waals surface area contributed by atoms with Crippen LogP contribution in [-0.4, -0.2) is 0 Å². The third-order valence-corrected chi connectivity index (χ3v) is 2.33. The van der Waals surface area contributed by atoms with Gasteiger partial charge >= 0.3 is 0 Å². The Morgan fingerprint density at radius 1 is 1.27 bits per heavy atom. The highest BCUT2D eigenvalue weighted by Crippen LogP contribution is 2.33. The van der Waals surface area contributed by atoms with E-state index >= 15 is 0 Å². The molecule has 1 fully saturated rings.